The molecule has 13 heteroatoms. The summed E-state index contributed by atoms with van der Waals surface area (Å²) in [4.78, 5) is 22.3. The number of fused-ring (bicyclic) bond motifs is 1. The summed E-state index contributed by atoms with van der Waals surface area (Å²) in [5.74, 6) is 0. The van der Waals surface area contributed by atoms with Gasteiger partial charge in [-0.15, -0.1) is 0 Å². The second kappa shape index (κ2) is 8.76. The molecule has 30 heavy (non-hydrogen) atoms. The Balaban J connectivity index is 1.74. The molecule has 0 aromatic carbocycles. The highest BCUT2D eigenvalue weighted by atomic mass is 35.5. The normalized spacial score (nSPS) is 28.0. The Kier molecular flexibility index (Phi) is 6.86. The van der Waals surface area contributed by atoms with Gasteiger partial charge in [0.05, 0.1) is 18.5 Å². The van der Waals surface area contributed by atoms with E-state index in [1.54, 1.807) is 13.8 Å². The Bertz CT molecular complexity index is 940. The SMILES string of the molecule is CCC(O)(CC)P(=O)(O)OC(C)CC1O[C@@H](n2cnc3c(Cl)ncnc32)[C@H](O)[C@@H]1O. The number of aromatic nitrogens is 4. The van der Waals surface area contributed by atoms with Gasteiger partial charge in [0.25, 0.3) is 0 Å². The van der Waals surface area contributed by atoms with Crippen molar-refractivity contribution in [2.24, 2.45) is 0 Å². The van der Waals surface area contributed by atoms with Crippen LogP contribution in [0.1, 0.15) is 46.3 Å². The van der Waals surface area contributed by atoms with E-state index in [2.05, 4.69) is 15.0 Å². The van der Waals surface area contributed by atoms with E-state index in [1.807, 2.05) is 0 Å². The van der Waals surface area contributed by atoms with Crippen molar-refractivity contribution >= 4 is 30.4 Å². The van der Waals surface area contributed by atoms with Crippen molar-refractivity contribution in [2.75, 3.05) is 0 Å². The van der Waals surface area contributed by atoms with Crippen LogP contribution in [0.2, 0.25) is 5.15 Å². The number of rotatable bonds is 8. The van der Waals surface area contributed by atoms with Gasteiger partial charge in [0.15, 0.2) is 22.4 Å². The average molecular weight is 465 g/mol. The lowest BCUT2D eigenvalue weighted by Gasteiger charge is -2.32. The predicted octanol–water partition coefficient (Wildman–Crippen LogP) is 1.59. The van der Waals surface area contributed by atoms with Crippen LogP contribution in [-0.4, -0.2) is 69.5 Å². The molecule has 4 N–H and O–H groups in total. The maximum atomic E-state index is 12.5. The molecule has 3 rings (SSSR count). The van der Waals surface area contributed by atoms with Gasteiger partial charge >= 0.3 is 7.60 Å². The van der Waals surface area contributed by atoms with Gasteiger partial charge < -0.3 is 29.5 Å². The minimum atomic E-state index is -4.35. The van der Waals surface area contributed by atoms with E-state index in [9.17, 15) is 24.8 Å². The summed E-state index contributed by atoms with van der Waals surface area (Å²) in [7, 11) is -4.35. The molecule has 6 atom stereocenters. The van der Waals surface area contributed by atoms with Gasteiger partial charge in [-0.3, -0.25) is 9.13 Å². The lowest BCUT2D eigenvalue weighted by molar-refractivity contribution is -0.0474. The molecule has 1 saturated heterocycles. The number of nitrogens with zero attached hydrogens (tertiary/aromatic N) is 4. The molecule has 0 saturated carbocycles. The fraction of sp³-hybridized carbons (Fsp3) is 0.706. The van der Waals surface area contributed by atoms with Crippen molar-refractivity contribution in [3.05, 3.63) is 17.8 Å². The van der Waals surface area contributed by atoms with Gasteiger partial charge in [-0.1, -0.05) is 25.4 Å². The number of aliphatic hydroxyl groups is 3. The molecule has 168 valence electrons. The number of hydrogen-bond donors (Lipinski definition) is 4. The number of ether oxygens (including phenoxy) is 1. The van der Waals surface area contributed by atoms with Crippen molar-refractivity contribution in [1.82, 2.24) is 19.5 Å². The molecule has 1 fully saturated rings. The van der Waals surface area contributed by atoms with Crippen LogP contribution in [0.15, 0.2) is 12.7 Å². The van der Waals surface area contributed by atoms with Crippen LogP contribution in [0.25, 0.3) is 11.2 Å². The number of imidazole rings is 1. The van der Waals surface area contributed by atoms with Gasteiger partial charge in [-0.25, -0.2) is 15.0 Å². The van der Waals surface area contributed by atoms with E-state index < -0.39 is 43.6 Å². The molecule has 1 aliphatic rings. The van der Waals surface area contributed by atoms with E-state index in [0.29, 0.717) is 11.2 Å². The van der Waals surface area contributed by atoms with Gasteiger partial charge in [-0.05, 0) is 19.8 Å². The van der Waals surface area contributed by atoms with Crippen LogP contribution in [0.3, 0.4) is 0 Å². The van der Waals surface area contributed by atoms with Gasteiger partial charge in [0, 0.05) is 6.42 Å². The summed E-state index contributed by atoms with van der Waals surface area (Å²) in [6.45, 7) is 4.72. The largest absolute Gasteiger partial charge is 0.388 e. The second-order valence-corrected chi connectivity index (χ2v) is 9.84. The first-order chi connectivity index (χ1) is 14.0. The average Bonchev–Trinajstić information content (AvgIpc) is 3.24. The van der Waals surface area contributed by atoms with Crippen LogP contribution in [-0.2, 0) is 13.8 Å². The fourth-order valence-electron chi connectivity index (χ4n) is 3.53. The lowest BCUT2D eigenvalue weighted by atomic mass is 10.1. The van der Waals surface area contributed by atoms with E-state index in [4.69, 9.17) is 20.9 Å². The zero-order chi connectivity index (χ0) is 22.3. The second-order valence-electron chi connectivity index (χ2n) is 7.40. The van der Waals surface area contributed by atoms with Crippen molar-refractivity contribution in [1.29, 1.82) is 0 Å². The highest BCUT2D eigenvalue weighted by molar-refractivity contribution is 7.54. The van der Waals surface area contributed by atoms with Crippen LogP contribution in [0, 0.1) is 0 Å². The first kappa shape index (κ1) is 23.5. The van der Waals surface area contributed by atoms with E-state index in [-0.39, 0.29) is 24.4 Å². The molecule has 3 heterocycles. The molecular formula is C17H26ClN4O7P. The Morgan fingerprint density at radius 3 is 2.60 bits per heavy atom. The molecule has 2 aromatic rings. The summed E-state index contributed by atoms with van der Waals surface area (Å²) in [6, 6.07) is 0. The minimum absolute atomic E-state index is 0.00511. The topological polar surface area (TPSA) is 160 Å². The molecule has 0 spiro atoms. The van der Waals surface area contributed by atoms with E-state index in [0.717, 1.165) is 0 Å². The van der Waals surface area contributed by atoms with Gasteiger partial charge in [-0.2, -0.15) is 0 Å². The van der Waals surface area contributed by atoms with Crippen molar-refractivity contribution < 1.29 is 34.0 Å². The van der Waals surface area contributed by atoms with E-state index >= 15 is 0 Å². The molecule has 1 aliphatic heterocycles. The molecular weight excluding hydrogens is 439 g/mol. The Labute approximate surface area is 178 Å². The third-order valence-electron chi connectivity index (χ3n) is 5.47. The standard InChI is InChI=1S/C17H26ClN4O7P/c1-4-17(25,5-2)30(26,27)29-9(3)6-10-12(23)13(24)16(28-10)22-8-21-11-14(18)19-7-20-15(11)22/h7-10,12-13,16,23-25H,4-6H2,1-3H3,(H,26,27)/t9?,10?,12-,13-,16-/m1/s1. The predicted molar refractivity (Wildman–Crippen MR) is 107 cm³/mol. The van der Waals surface area contributed by atoms with E-state index in [1.165, 1.54) is 24.1 Å². The lowest BCUT2D eigenvalue weighted by Crippen LogP contribution is -2.34. The van der Waals surface area contributed by atoms with Crippen molar-refractivity contribution in [3.8, 4) is 0 Å². The summed E-state index contributed by atoms with van der Waals surface area (Å²) in [6.07, 6.45) is -2.62. The third-order valence-corrected chi connectivity index (χ3v) is 8.08. The molecule has 3 unspecified atom stereocenters. The Morgan fingerprint density at radius 1 is 1.30 bits per heavy atom. The first-order valence-corrected chi connectivity index (χ1v) is 11.6. The minimum Gasteiger partial charge on any atom is -0.388 e. The Hall–Kier alpha value is -1.17. The molecule has 0 aliphatic carbocycles. The van der Waals surface area contributed by atoms with Gasteiger partial charge in [0.2, 0.25) is 0 Å². The van der Waals surface area contributed by atoms with Crippen LogP contribution >= 0.6 is 19.2 Å². The zero-order valence-electron chi connectivity index (χ0n) is 16.8. The smallest absolute Gasteiger partial charge is 0.359 e. The van der Waals surface area contributed by atoms with Crippen molar-refractivity contribution in [2.45, 2.75) is 76.0 Å². The summed E-state index contributed by atoms with van der Waals surface area (Å²) < 4.78 is 25.1. The van der Waals surface area contributed by atoms with Crippen LogP contribution in [0.4, 0.5) is 0 Å². The number of halogens is 1. The highest BCUT2D eigenvalue weighted by Crippen LogP contribution is 2.58. The first-order valence-electron chi connectivity index (χ1n) is 9.63. The molecule has 0 amide bonds. The quantitative estimate of drug-likeness (QED) is 0.333. The number of hydrogen-bond acceptors (Lipinski definition) is 9. The Morgan fingerprint density at radius 2 is 1.97 bits per heavy atom. The summed E-state index contributed by atoms with van der Waals surface area (Å²) >= 11 is 5.99. The third kappa shape index (κ3) is 4.13. The summed E-state index contributed by atoms with van der Waals surface area (Å²) in [5.41, 5.74) is 0.649. The van der Waals surface area contributed by atoms with Crippen molar-refractivity contribution in [3.63, 3.8) is 0 Å². The zero-order valence-corrected chi connectivity index (χ0v) is 18.4. The maximum Gasteiger partial charge on any atom is 0.359 e. The monoisotopic (exact) mass is 464 g/mol. The maximum absolute atomic E-state index is 12.5. The molecule has 0 bridgehead atoms. The number of aliphatic hydroxyl groups excluding tert-OH is 2. The fourth-order valence-corrected chi connectivity index (χ4v) is 5.27. The van der Waals surface area contributed by atoms with Crippen LogP contribution < -0.4 is 0 Å². The highest BCUT2D eigenvalue weighted by Gasteiger charge is 2.48. The molecule has 2 aromatic heterocycles. The van der Waals surface area contributed by atoms with Gasteiger partial charge in [0.1, 0.15) is 24.1 Å². The van der Waals surface area contributed by atoms with Crippen LogP contribution in [0.5, 0.6) is 0 Å². The summed E-state index contributed by atoms with van der Waals surface area (Å²) in [5, 5.41) is 29.6. The molecule has 11 nitrogen and oxygen atoms in total. The molecule has 0 radical (unpaired) electrons.